The molecule has 2 atom stereocenters. The number of unbranched alkanes of at least 4 members (excludes halogenated alkanes) is 2. The number of nitrogens with zero attached hydrogens (tertiary/aromatic N) is 1. The zero-order chi connectivity index (χ0) is 28.7. The van der Waals surface area contributed by atoms with Crippen molar-refractivity contribution in [3.63, 3.8) is 0 Å². The molecule has 0 spiro atoms. The van der Waals surface area contributed by atoms with E-state index in [4.69, 9.17) is 4.74 Å². The minimum atomic E-state index is -0.437. The van der Waals surface area contributed by atoms with Crippen molar-refractivity contribution in [3.05, 3.63) is 100 Å². The zero-order valence-electron chi connectivity index (χ0n) is 23.4. The van der Waals surface area contributed by atoms with Gasteiger partial charge in [0.25, 0.3) is 5.91 Å². The molecule has 1 fully saturated rings. The first-order valence-electron chi connectivity index (χ1n) is 14.4. The minimum Gasteiger partial charge on any atom is -0.456 e. The van der Waals surface area contributed by atoms with Crippen LogP contribution in [0.5, 0.6) is 0 Å². The second-order valence-electron chi connectivity index (χ2n) is 11.4. The lowest BCUT2D eigenvalue weighted by Crippen LogP contribution is -2.41. The van der Waals surface area contributed by atoms with E-state index in [0.29, 0.717) is 31.5 Å². The standard InChI is InChI=1S/C34H34N2O5/c1-20-11-10-16-26(21(20)2)35-27(37)19-41-28(38)17-4-3-9-18-36-33(39)31-29-22-12-5-6-13-23(22)30(32(31)34(36)40)25-15-8-7-14-24(25)29/h5-8,10-16,29-32H,3-4,9,17-19H2,1-2H3,(H,35,37)/t29?,30?,31-,32-/m0/s1. The molecule has 4 aliphatic rings. The normalized spacial score (nSPS) is 21.8. The number of ether oxygens (including phenoxy) is 1. The predicted octanol–water partition coefficient (Wildman–Crippen LogP) is 5.24. The van der Waals surface area contributed by atoms with Crippen molar-refractivity contribution in [2.75, 3.05) is 18.5 Å². The summed E-state index contributed by atoms with van der Waals surface area (Å²) in [4.78, 5) is 53.1. The number of rotatable bonds is 9. The number of nitrogens with one attached hydrogen (secondary N) is 1. The van der Waals surface area contributed by atoms with Gasteiger partial charge in [-0.05, 0) is 66.1 Å². The number of aryl methyl sites for hydroxylation is 1. The number of anilines is 1. The van der Waals surface area contributed by atoms with Gasteiger partial charge in [-0.2, -0.15) is 0 Å². The smallest absolute Gasteiger partial charge is 0.306 e. The Bertz CT molecular complexity index is 1430. The van der Waals surface area contributed by atoms with Crippen LogP contribution in [0, 0.1) is 25.7 Å². The average molecular weight is 551 g/mol. The summed E-state index contributed by atoms with van der Waals surface area (Å²) in [5, 5.41) is 2.78. The first-order valence-corrected chi connectivity index (χ1v) is 14.4. The van der Waals surface area contributed by atoms with E-state index >= 15 is 0 Å². The summed E-state index contributed by atoms with van der Waals surface area (Å²) in [5.74, 6) is -1.88. The van der Waals surface area contributed by atoms with Crippen LogP contribution < -0.4 is 5.32 Å². The lowest BCUT2D eigenvalue weighted by atomic mass is 9.55. The second-order valence-corrected chi connectivity index (χ2v) is 11.4. The zero-order valence-corrected chi connectivity index (χ0v) is 23.4. The summed E-state index contributed by atoms with van der Waals surface area (Å²) in [7, 11) is 0. The highest BCUT2D eigenvalue weighted by atomic mass is 16.5. The van der Waals surface area contributed by atoms with Gasteiger partial charge in [0.15, 0.2) is 6.61 Å². The van der Waals surface area contributed by atoms with Gasteiger partial charge in [-0.15, -0.1) is 0 Å². The maximum atomic E-state index is 13.6. The molecule has 3 aromatic rings. The molecule has 0 saturated carbocycles. The first kappa shape index (κ1) is 26.9. The highest BCUT2D eigenvalue weighted by molar-refractivity contribution is 6.07. The molecule has 7 heteroatoms. The summed E-state index contributed by atoms with van der Waals surface area (Å²) in [6.07, 6.45) is 2.03. The Hall–Kier alpha value is -4.26. The van der Waals surface area contributed by atoms with Gasteiger partial charge in [-0.25, -0.2) is 0 Å². The summed E-state index contributed by atoms with van der Waals surface area (Å²) >= 11 is 0. The van der Waals surface area contributed by atoms with E-state index in [9.17, 15) is 19.2 Å². The lowest BCUT2D eigenvalue weighted by molar-refractivity contribution is -0.147. The van der Waals surface area contributed by atoms with Crippen LogP contribution in [0.15, 0.2) is 66.7 Å². The van der Waals surface area contributed by atoms with Crippen molar-refractivity contribution in [3.8, 4) is 0 Å². The van der Waals surface area contributed by atoms with Gasteiger partial charge in [-0.3, -0.25) is 24.1 Å². The Kier molecular flexibility index (Phi) is 7.20. The van der Waals surface area contributed by atoms with Gasteiger partial charge in [0.05, 0.1) is 11.8 Å². The van der Waals surface area contributed by atoms with E-state index in [-0.39, 0.29) is 54.4 Å². The van der Waals surface area contributed by atoms with E-state index in [1.54, 1.807) is 0 Å². The van der Waals surface area contributed by atoms with Crippen LogP contribution in [-0.2, 0) is 23.9 Å². The molecule has 0 unspecified atom stereocenters. The maximum Gasteiger partial charge on any atom is 0.306 e. The molecule has 1 N–H and O–H groups in total. The number of amides is 3. The largest absolute Gasteiger partial charge is 0.456 e. The fourth-order valence-corrected chi connectivity index (χ4v) is 6.97. The Morgan fingerprint density at radius 2 is 1.32 bits per heavy atom. The maximum absolute atomic E-state index is 13.6. The van der Waals surface area contributed by atoms with Gasteiger partial charge in [0.1, 0.15) is 0 Å². The van der Waals surface area contributed by atoms with Crippen LogP contribution in [0.25, 0.3) is 0 Å². The number of likely N-dealkylation sites (tertiary alicyclic amines) is 1. The van der Waals surface area contributed by atoms with Crippen LogP contribution in [0.2, 0.25) is 0 Å². The molecule has 1 saturated heterocycles. The molecule has 1 heterocycles. The van der Waals surface area contributed by atoms with Gasteiger partial charge < -0.3 is 10.1 Å². The van der Waals surface area contributed by atoms with Gasteiger partial charge >= 0.3 is 5.97 Å². The van der Waals surface area contributed by atoms with Crippen molar-refractivity contribution in [2.45, 2.75) is 51.4 Å². The third-order valence-corrected chi connectivity index (χ3v) is 9.05. The van der Waals surface area contributed by atoms with Crippen LogP contribution >= 0.6 is 0 Å². The predicted molar refractivity (Wildman–Crippen MR) is 154 cm³/mol. The second kappa shape index (κ2) is 11.0. The third kappa shape index (κ3) is 4.73. The SMILES string of the molecule is Cc1cccc(NC(=O)COC(=O)CCCCCN2C(=O)[C@H]3C4c5ccccc5C(c5ccccc54)[C@@H]3C2=O)c1C. The summed E-state index contributed by atoms with van der Waals surface area (Å²) < 4.78 is 5.15. The quantitative estimate of drug-likeness (QED) is 0.224. The molecule has 3 aromatic carbocycles. The Morgan fingerprint density at radius 3 is 1.88 bits per heavy atom. The third-order valence-electron chi connectivity index (χ3n) is 9.05. The van der Waals surface area contributed by atoms with Crippen molar-refractivity contribution in [1.29, 1.82) is 0 Å². The van der Waals surface area contributed by atoms with E-state index in [0.717, 1.165) is 11.1 Å². The molecule has 41 heavy (non-hydrogen) atoms. The van der Waals surface area contributed by atoms with Gasteiger partial charge in [-0.1, -0.05) is 67.1 Å². The van der Waals surface area contributed by atoms with Crippen LogP contribution in [-0.4, -0.2) is 41.7 Å². The molecular weight excluding hydrogens is 516 g/mol. The number of carbonyl (C=O) groups excluding carboxylic acids is 4. The number of hydrogen-bond donors (Lipinski definition) is 1. The van der Waals surface area contributed by atoms with E-state index in [1.165, 1.54) is 27.2 Å². The van der Waals surface area contributed by atoms with Crippen molar-refractivity contribution in [2.24, 2.45) is 11.8 Å². The fraction of sp³-hybridized carbons (Fsp3) is 0.353. The van der Waals surface area contributed by atoms with Crippen molar-refractivity contribution in [1.82, 2.24) is 4.90 Å². The monoisotopic (exact) mass is 550 g/mol. The average Bonchev–Trinajstić information content (AvgIpc) is 3.23. The number of benzene rings is 3. The molecule has 210 valence electrons. The number of carbonyl (C=O) groups is 4. The summed E-state index contributed by atoms with van der Waals surface area (Å²) in [6, 6.07) is 22.1. The Labute approximate surface area is 239 Å². The lowest BCUT2D eigenvalue weighted by Gasteiger charge is -2.45. The Balaban J connectivity index is 0.999. The highest BCUT2D eigenvalue weighted by Crippen LogP contribution is 2.60. The van der Waals surface area contributed by atoms with E-state index in [1.807, 2.05) is 56.3 Å². The van der Waals surface area contributed by atoms with Crippen LogP contribution in [0.4, 0.5) is 5.69 Å². The van der Waals surface area contributed by atoms with Crippen LogP contribution in [0.3, 0.4) is 0 Å². The summed E-state index contributed by atoms with van der Waals surface area (Å²) in [6.45, 7) is 3.91. The first-order chi connectivity index (χ1) is 19.9. The van der Waals surface area contributed by atoms with Crippen LogP contribution in [0.1, 0.15) is 70.9 Å². The fourth-order valence-electron chi connectivity index (χ4n) is 6.97. The highest BCUT2D eigenvalue weighted by Gasteiger charge is 2.61. The molecule has 2 bridgehead atoms. The topological polar surface area (TPSA) is 92.8 Å². The molecule has 1 aliphatic heterocycles. The molecule has 0 aromatic heterocycles. The van der Waals surface area contributed by atoms with E-state index < -0.39 is 5.97 Å². The van der Waals surface area contributed by atoms with Crippen molar-refractivity contribution < 1.29 is 23.9 Å². The molecule has 3 amide bonds. The molecule has 7 rings (SSSR count). The number of esters is 1. The van der Waals surface area contributed by atoms with Crippen molar-refractivity contribution >= 4 is 29.4 Å². The molecule has 7 nitrogen and oxygen atoms in total. The number of imide groups is 1. The molecule has 3 aliphatic carbocycles. The van der Waals surface area contributed by atoms with Gasteiger partial charge in [0, 0.05) is 30.5 Å². The van der Waals surface area contributed by atoms with E-state index in [2.05, 4.69) is 29.6 Å². The summed E-state index contributed by atoms with van der Waals surface area (Å²) in [5.41, 5.74) is 7.42. The molecule has 0 radical (unpaired) electrons. The number of hydrogen-bond acceptors (Lipinski definition) is 5. The Morgan fingerprint density at radius 1 is 0.756 bits per heavy atom. The minimum absolute atomic E-state index is 0.0757. The van der Waals surface area contributed by atoms with Gasteiger partial charge in [0.2, 0.25) is 11.8 Å². The molecular formula is C34H34N2O5.